The van der Waals surface area contributed by atoms with Crippen LogP contribution in [0.5, 0.6) is 0 Å². The number of halogens is 15. The fraction of sp³-hybridized carbons (Fsp3) is 0.316. The van der Waals surface area contributed by atoms with E-state index in [1.807, 2.05) is 0 Å². The molecule has 19 heteroatoms. The second kappa shape index (κ2) is 16.2. The fourth-order valence-corrected chi connectivity index (χ4v) is 5.71. The van der Waals surface area contributed by atoms with Gasteiger partial charge in [-0.1, -0.05) is 76.2 Å². The van der Waals surface area contributed by atoms with Gasteiger partial charge in [0.15, 0.2) is 17.9 Å². The number of rotatable bonds is 8. The van der Waals surface area contributed by atoms with Crippen molar-refractivity contribution in [2.75, 3.05) is 0 Å². The summed E-state index contributed by atoms with van der Waals surface area (Å²) in [7, 11) is 0. The highest BCUT2D eigenvalue weighted by Crippen LogP contribution is 2.52. The molecular formula is C38H29F15O4. The standard InChI is InChI=1S/C19H14F8O2.C19H15F7O2/c1-9(2)13-7-11(8-28)15(20)16(21)14(13)10-3-5-12(6-4-10)17(29,18(22,23)24)19(25,26)27;1-10(2)14-7-11(9-27)8-15(20)16(14)12-3-5-13(6-4-12)17(28,18(21,22)23)19(24,25)26/h3-9,29H,1-2H3;3-10,28H,1-2H3. The lowest BCUT2D eigenvalue weighted by molar-refractivity contribution is -0.376. The maximum absolute atomic E-state index is 14.5. The molecular weight excluding hydrogens is 805 g/mol. The Morgan fingerprint density at radius 1 is 0.491 bits per heavy atom. The minimum absolute atomic E-state index is 0.00842. The molecule has 57 heavy (non-hydrogen) atoms. The molecule has 0 atom stereocenters. The smallest absolute Gasteiger partial charge is 0.369 e. The van der Waals surface area contributed by atoms with E-state index in [1.165, 1.54) is 6.07 Å². The number of hydrogen-bond acceptors (Lipinski definition) is 4. The third-order valence-corrected chi connectivity index (χ3v) is 8.74. The van der Waals surface area contributed by atoms with Crippen LogP contribution in [0.25, 0.3) is 22.3 Å². The molecule has 4 nitrogen and oxygen atoms in total. The van der Waals surface area contributed by atoms with Crippen LogP contribution in [0.1, 0.15) is 82.5 Å². The molecule has 4 aromatic carbocycles. The molecule has 0 aliphatic heterocycles. The normalized spacial score (nSPS) is 13.1. The molecule has 0 spiro atoms. The average molecular weight is 835 g/mol. The number of aliphatic hydroxyl groups is 2. The molecule has 0 fully saturated rings. The summed E-state index contributed by atoms with van der Waals surface area (Å²) in [6, 6.07) is 8.10. The summed E-state index contributed by atoms with van der Waals surface area (Å²) in [5.41, 5.74) is -13.9. The van der Waals surface area contributed by atoms with E-state index < -0.39 is 81.5 Å². The van der Waals surface area contributed by atoms with Gasteiger partial charge in [-0.15, -0.1) is 0 Å². The van der Waals surface area contributed by atoms with Crippen molar-refractivity contribution in [2.24, 2.45) is 0 Å². The van der Waals surface area contributed by atoms with Gasteiger partial charge in [-0.05, 0) is 52.3 Å². The maximum atomic E-state index is 14.5. The van der Waals surface area contributed by atoms with Crippen molar-refractivity contribution in [1.82, 2.24) is 0 Å². The minimum Gasteiger partial charge on any atom is -0.369 e. The molecule has 0 heterocycles. The first-order valence-electron chi connectivity index (χ1n) is 16.1. The van der Waals surface area contributed by atoms with Crippen LogP contribution >= 0.6 is 0 Å². The summed E-state index contributed by atoms with van der Waals surface area (Å²) < 4.78 is 199. The Hall–Kier alpha value is -4.91. The Balaban J connectivity index is 0.000000306. The first kappa shape index (κ1) is 46.5. The van der Waals surface area contributed by atoms with Crippen LogP contribution in [0.2, 0.25) is 0 Å². The summed E-state index contributed by atoms with van der Waals surface area (Å²) in [5, 5.41) is 18.8. The van der Waals surface area contributed by atoms with Crippen molar-refractivity contribution < 1.29 is 85.7 Å². The largest absolute Gasteiger partial charge is 0.430 e. The van der Waals surface area contributed by atoms with Crippen LogP contribution in [0.4, 0.5) is 65.9 Å². The fourth-order valence-electron chi connectivity index (χ4n) is 5.71. The first-order valence-corrected chi connectivity index (χ1v) is 16.1. The molecule has 4 rings (SSSR count). The third-order valence-electron chi connectivity index (χ3n) is 8.74. The van der Waals surface area contributed by atoms with Crippen LogP contribution in [0.3, 0.4) is 0 Å². The van der Waals surface area contributed by atoms with Crippen LogP contribution < -0.4 is 0 Å². The van der Waals surface area contributed by atoms with Gasteiger partial charge >= 0.3 is 24.7 Å². The van der Waals surface area contributed by atoms with Crippen LogP contribution in [-0.4, -0.2) is 47.5 Å². The molecule has 0 unspecified atom stereocenters. The van der Waals surface area contributed by atoms with Crippen LogP contribution in [-0.2, 0) is 11.2 Å². The summed E-state index contributed by atoms with van der Waals surface area (Å²) in [6.45, 7) is 6.52. The highest BCUT2D eigenvalue weighted by Gasteiger charge is 2.72. The van der Waals surface area contributed by atoms with Gasteiger partial charge < -0.3 is 10.2 Å². The first-order chi connectivity index (χ1) is 25.9. The number of benzene rings is 4. The Bertz CT molecular complexity index is 2050. The molecule has 0 saturated heterocycles. The molecule has 0 bridgehead atoms. The van der Waals surface area contributed by atoms with E-state index in [4.69, 9.17) is 0 Å². The predicted molar refractivity (Wildman–Crippen MR) is 175 cm³/mol. The van der Waals surface area contributed by atoms with Crippen LogP contribution in [0.15, 0.2) is 66.7 Å². The summed E-state index contributed by atoms with van der Waals surface area (Å²) >= 11 is 0. The van der Waals surface area contributed by atoms with E-state index in [1.54, 1.807) is 27.7 Å². The van der Waals surface area contributed by atoms with Gasteiger partial charge in [-0.2, -0.15) is 52.7 Å². The second-order valence-corrected chi connectivity index (χ2v) is 13.1. The summed E-state index contributed by atoms with van der Waals surface area (Å²) in [6.07, 6.45) is -23.6. The van der Waals surface area contributed by atoms with E-state index in [0.717, 1.165) is 24.3 Å². The van der Waals surface area contributed by atoms with Gasteiger partial charge in [0, 0.05) is 27.8 Å². The Morgan fingerprint density at radius 3 is 1.16 bits per heavy atom. The molecule has 2 N–H and O–H groups in total. The lowest BCUT2D eigenvalue weighted by atomic mass is 9.87. The van der Waals surface area contributed by atoms with E-state index >= 15 is 0 Å². The zero-order chi connectivity index (χ0) is 43.9. The lowest BCUT2D eigenvalue weighted by Crippen LogP contribution is -2.53. The monoisotopic (exact) mass is 834 g/mol. The van der Waals surface area contributed by atoms with Crippen molar-refractivity contribution in [3.8, 4) is 22.3 Å². The van der Waals surface area contributed by atoms with Crippen LogP contribution in [0, 0.1) is 17.5 Å². The van der Waals surface area contributed by atoms with Gasteiger partial charge in [0.2, 0.25) is 0 Å². The zero-order valence-corrected chi connectivity index (χ0v) is 29.5. The van der Waals surface area contributed by atoms with Gasteiger partial charge in [0.25, 0.3) is 11.2 Å². The molecule has 310 valence electrons. The van der Waals surface area contributed by atoms with Gasteiger partial charge in [-0.25, -0.2) is 13.2 Å². The van der Waals surface area contributed by atoms with E-state index in [9.17, 15) is 85.7 Å². The Morgan fingerprint density at radius 2 is 0.842 bits per heavy atom. The molecule has 0 aliphatic carbocycles. The summed E-state index contributed by atoms with van der Waals surface area (Å²) in [4.78, 5) is 21.8. The molecule has 4 aromatic rings. The minimum atomic E-state index is -6.07. The molecule has 0 aliphatic rings. The average Bonchev–Trinajstić information content (AvgIpc) is 3.10. The molecule has 0 saturated carbocycles. The Labute approximate surface area is 313 Å². The summed E-state index contributed by atoms with van der Waals surface area (Å²) in [5.74, 6) is -4.55. The second-order valence-electron chi connectivity index (χ2n) is 13.1. The molecule has 0 amide bonds. The van der Waals surface area contributed by atoms with Gasteiger partial charge in [-0.3, -0.25) is 9.59 Å². The lowest BCUT2D eigenvalue weighted by Gasteiger charge is -2.32. The number of aldehydes is 2. The van der Waals surface area contributed by atoms with Crippen molar-refractivity contribution in [3.63, 3.8) is 0 Å². The predicted octanol–water partition coefficient (Wildman–Crippen LogP) is 11.6. The van der Waals surface area contributed by atoms with E-state index in [-0.39, 0.29) is 40.0 Å². The maximum Gasteiger partial charge on any atom is 0.430 e. The van der Waals surface area contributed by atoms with E-state index in [2.05, 4.69) is 0 Å². The molecule has 0 radical (unpaired) electrons. The Kier molecular flexibility index (Phi) is 13.2. The molecule has 0 aromatic heterocycles. The van der Waals surface area contributed by atoms with E-state index in [0.29, 0.717) is 48.2 Å². The van der Waals surface area contributed by atoms with Crippen molar-refractivity contribution >= 4 is 12.6 Å². The highest BCUT2D eigenvalue weighted by molar-refractivity contribution is 5.81. The number of alkyl halides is 12. The van der Waals surface area contributed by atoms with Gasteiger partial charge in [0.05, 0.1) is 5.56 Å². The van der Waals surface area contributed by atoms with Crippen molar-refractivity contribution in [3.05, 3.63) is 118 Å². The zero-order valence-electron chi connectivity index (χ0n) is 29.5. The van der Waals surface area contributed by atoms with Crippen molar-refractivity contribution in [1.29, 1.82) is 0 Å². The number of hydrogen-bond donors (Lipinski definition) is 2. The third kappa shape index (κ3) is 8.68. The topological polar surface area (TPSA) is 74.6 Å². The van der Waals surface area contributed by atoms with Gasteiger partial charge in [0.1, 0.15) is 12.1 Å². The SMILES string of the molecule is CC(C)c1cc(C=O)c(F)c(F)c1-c1ccc(C(O)(C(F)(F)F)C(F)(F)F)cc1.CC(C)c1cc(C=O)cc(F)c1-c1ccc(C(O)(C(F)(F)F)C(F)(F)F)cc1. The number of carbonyl (C=O) groups excluding carboxylic acids is 2. The highest BCUT2D eigenvalue weighted by atomic mass is 19.4. The van der Waals surface area contributed by atoms with Crippen molar-refractivity contribution in [2.45, 2.75) is 75.4 Å². The quantitative estimate of drug-likeness (QED) is 0.137. The number of carbonyl (C=O) groups is 2.